The zero-order valence-corrected chi connectivity index (χ0v) is 10.7. The van der Waals surface area contributed by atoms with Crippen molar-refractivity contribution in [3.63, 3.8) is 0 Å². The third-order valence-electron chi connectivity index (χ3n) is 2.13. The van der Waals surface area contributed by atoms with Gasteiger partial charge in [0.1, 0.15) is 5.75 Å². The van der Waals surface area contributed by atoms with Crippen molar-refractivity contribution in [3.8, 4) is 5.75 Å². The topological polar surface area (TPSA) is 29.5 Å². The lowest BCUT2D eigenvalue weighted by molar-refractivity contribution is 0.279. The van der Waals surface area contributed by atoms with Crippen molar-refractivity contribution in [3.05, 3.63) is 28.8 Å². The van der Waals surface area contributed by atoms with Gasteiger partial charge in [-0.2, -0.15) is 0 Å². The first-order valence-electron chi connectivity index (χ1n) is 5.03. The largest absolute Gasteiger partial charge is 0.474 e. The van der Waals surface area contributed by atoms with Crippen LogP contribution < -0.4 is 4.52 Å². The standard InChI is InChI=1S/C11H16ClO2P/c1-3-15(4-2)14-11-7-10(12)6-5-9(11)8-13/h5-7,13H,3-4,8H2,1-2H3. The maximum atomic E-state index is 9.15. The number of hydrogen-bond donors (Lipinski definition) is 1. The van der Waals surface area contributed by atoms with Gasteiger partial charge in [0, 0.05) is 22.9 Å². The molecule has 84 valence electrons. The molecule has 4 heteroatoms. The van der Waals surface area contributed by atoms with Gasteiger partial charge >= 0.3 is 0 Å². The van der Waals surface area contributed by atoms with E-state index in [9.17, 15) is 0 Å². The highest BCUT2D eigenvalue weighted by molar-refractivity contribution is 7.52. The minimum absolute atomic E-state index is 0.0108. The Morgan fingerprint density at radius 2 is 2.00 bits per heavy atom. The van der Waals surface area contributed by atoms with E-state index in [1.165, 1.54) is 0 Å². The van der Waals surface area contributed by atoms with Crippen molar-refractivity contribution in [2.24, 2.45) is 0 Å². The first-order valence-corrected chi connectivity index (χ1v) is 7.04. The third kappa shape index (κ3) is 3.64. The number of rotatable bonds is 5. The third-order valence-corrected chi connectivity index (χ3v) is 4.23. The summed E-state index contributed by atoms with van der Waals surface area (Å²) in [6.45, 7) is 4.21. The Morgan fingerprint density at radius 1 is 1.33 bits per heavy atom. The van der Waals surface area contributed by atoms with Gasteiger partial charge in [0.25, 0.3) is 0 Å². The summed E-state index contributed by atoms with van der Waals surface area (Å²) in [4.78, 5) is 0. The number of benzene rings is 1. The van der Waals surface area contributed by atoms with Gasteiger partial charge in [0.2, 0.25) is 0 Å². The SMILES string of the molecule is CCP(CC)Oc1cc(Cl)ccc1CO. The van der Waals surface area contributed by atoms with Crippen LogP contribution in [0.15, 0.2) is 18.2 Å². The number of aliphatic hydroxyl groups excluding tert-OH is 1. The molecule has 15 heavy (non-hydrogen) atoms. The Labute approximate surface area is 97.1 Å². The lowest BCUT2D eigenvalue weighted by Crippen LogP contribution is -1.96. The second-order valence-electron chi connectivity index (χ2n) is 3.12. The van der Waals surface area contributed by atoms with Gasteiger partial charge in [0.05, 0.1) is 14.8 Å². The van der Waals surface area contributed by atoms with Gasteiger partial charge < -0.3 is 9.63 Å². The number of aliphatic hydroxyl groups is 1. The van der Waals surface area contributed by atoms with Crippen molar-refractivity contribution >= 4 is 19.7 Å². The Hall–Kier alpha value is -0.300. The molecule has 0 atom stereocenters. The molecule has 0 aliphatic rings. The molecule has 0 radical (unpaired) electrons. The number of hydrogen-bond acceptors (Lipinski definition) is 2. The summed E-state index contributed by atoms with van der Waals surface area (Å²) in [5.41, 5.74) is 0.800. The minimum atomic E-state index is -0.437. The van der Waals surface area contributed by atoms with Gasteiger partial charge in [-0.3, -0.25) is 0 Å². The smallest absolute Gasteiger partial charge is 0.130 e. The molecule has 1 aromatic rings. The van der Waals surface area contributed by atoms with Gasteiger partial charge in [0.15, 0.2) is 0 Å². The van der Waals surface area contributed by atoms with Crippen LogP contribution in [0, 0.1) is 0 Å². The monoisotopic (exact) mass is 246 g/mol. The molecule has 0 aromatic heterocycles. The van der Waals surface area contributed by atoms with Crippen LogP contribution in [0.4, 0.5) is 0 Å². The van der Waals surface area contributed by atoms with Crippen LogP contribution in [0.2, 0.25) is 5.02 Å². The average Bonchev–Trinajstić information content (AvgIpc) is 2.26. The molecule has 1 rings (SSSR count). The summed E-state index contributed by atoms with van der Waals surface area (Å²) in [6.07, 6.45) is 2.03. The van der Waals surface area contributed by atoms with E-state index >= 15 is 0 Å². The Morgan fingerprint density at radius 3 is 2.53 bits per heavy atom. The molecule has 1 N–H and O–H groups in total. The highest BCUT2D eigenvalue weighted by atomic mass is 35.5. The lowest BCUT2D eigenvalue weighted by atomic mass is 10.2. The summed E-state index contributed by atoms with van der Waals surface area (Å²) in [6, 6.07) is 5.34. The van der Waals surface area contributed by atoms with E-state index in [-0.39, 0.29) is 6.61 Å². The first kappa shape index (κ1) is 12.8. The summed E-state index contributed by atoms with van der Waals surface area (Å²) >= 11 is 5.89. The Bertz CT molecular complexity index is 313. The quantitative estimate of drug-likeness (QED) is 0.804. The van der Waals surface area contributed by atoms with Crippen LogP contribution in [0.3, 0.4) is 0 Å². The molecule has 1 aromatic carbocycles. The van der Waals surface area contributed by atoms with Crippen molar-refractivity contribution in [1.29, 1.82) is 0 Å². The molecule has 0 bridgehead atoms. The minimum Gasteiger partial charge on any atom is -0.474 e. The molecule has 0 spiro atoms. The van der Waals surface area contributed by atoms with Crippen LogP contribution in [0.5, 0.6) is 5.75 Å². The maximum Gasteiger partial charge on any atom is 0.130 e. The number of halogens is 1. The zero-order valence-electron chi connectivity index (χ0n) is 9.03. The van der Waals surface area contributed by atoms with Crippen LogP contribution in [-0.4, -0.2) is 17.4 Å². The molecule has 0 saturated carbocycles. The fourth-order valence-electron chi connectivity index (χ4n) is 1.24. The van der Waals surface area contributed by atoms with E-state index in [0.29, 0.717) is 5.02 Å². The van der Waals surface area contributed by atoms with Crippen LogP contribution >= 0.6 is 19.7 Å². The van der Waals surface area contributed by atoms with Crippen molar-refractivity contribution in [1.82, 2.24) is 0 Å². The van der Waals surface area contributed by atoms with Crippen molar-refractivity contribution < 1.29 is 9.63 Å². The summed E-state index contributed by atoms with van der Waals surface area (Å²) in [5.74, 6) is 0.722. The fourth-order valence-corrected chi connectivity index (χ4v) is 2.55. The molecule has 0 aliphatic heterocycles. The van der Waals surface area contributed by atoms with Gasteiger partial charge in [-0.15, -0.1) is 0 Å². The predicted molar refractivity (Wildman–Crippen MR) is 66.0 cm³/mol. The summed E-state index contributed by atoms with van der Waals surface area (Å²) in [7, 11) is -0.437. The lowest BCUT2D eigenvalue weighted by Gasteiger charge is -2.17. The molecule has 0 aliphatic carbocycles. The van der Waals surface area contributed by atoms with Crippen molar-refractivity contribution in [2.75, 3.05) is 12.3 Å². The predicted octanol–water partition coefficient (Wildman–Crippen LogP) is 3.65. The van der Waals surface area contributed by atoms with Crippen LogP contribution in [0.25, 0.3) is 0 Å². The van der Waals surface area contributed by atoms with E-state index in [1.807, 2.05) is 0 Å². The summed E-state index contributed by atoms with van der Waals surface area (Å²) < 4.78 is 5.84. The normalized spacial score (nSPS) is 10.7. The summed E-state index contributed by atoms with van der Waals surface area (Å²) in [5, 5.41) is 9.79. The van der Waals surface area contributed by atoms with Crippen LogP contribution in [0.1, 0.15) is 19.4 Å². The molecule has 0 unspecified atom stereocenters. The molecule has 2 nitrogen and oxygen atoms in total. The fraction of sp³-hybridized carbons (Fsp3) is 0.455. The highest BCUT2D eigenvalue weighted by Crippen LogP contribution is 2.39. The zero-order chi connectivity index (χ0) is 11.3. The van der Waals surface area contributed by atoms with E-state index in [0.717, 1.165) is 23.6 Å². The Balaban J connectivity index is 2.86. The van der Waals surface area contributed by atoms with E-state index in [4.69, 9.17) is 21.2 Å². The second kappa shape index (κ2) is 6.32. The molecular formula is C11H16ClO2P. The van der Waals surface area contributed by atoms with Crippen molar-refractivity contribution in [2.45, 2.75) is 20.5 Å². The first-order chi connectivity index (χ1) is 7.21. The van der Waals surface area contributed by atoms with Gasteiger partial charge in [-0.1, -0.05) is 31.5 Å². The van der Waals surface area contributed by atoms with E-state index in [2.05, 4.69) is 13.8 Å². The molecule has 0 amide bonds. The molecular weight excluding hydrogens is 231 g/mol. The van der Waals surface area contributed by atoms with Gasteiger partial charge in [-0.25, -0.2) is 0 Å². The molecule has 0 fully saturated rings. The maximum absolute atomic E-state index is 9.15. The highest BCUT2D eigenvalue weighted by Gasteiger charge is 2.09. The molecule has 0 heterocycles. The van der Waals surface area contributed by atoms with E-state index < -0.39 is 8.15 Å². The van der Waals surface area contributed by atoms with Crippen LogP contribution in [-0.2, 0) is 6.61 Å². The Kier molecular flexibility index (Phi) is 5.38. The van der Waals surface area contributed by atoms with Gasteiger partial charge in [-0.05, 0) is 12.1 Å². The molecule has 0 saturated heterocycles. The van der Waals surface area contributed by atoms with E-state index in [1.54, 1.807) is 18.2 Å². The average molecular weight is 247 g/mol. The second-order valence-corrected chi connectivity index (χ2v) is 5.96.